The highest BCUT2D eigenvalue weighted by Crippen LogP contribution is 2.25. The molecule has 0 aliphatic carbocycles. The van der Waals surface area contributed by atoms with Crippen LogP contribution in [0.2, 0.25) is 19.6 Å². The zero-order chi connectivity index (χ0) is 12.0. The Morgan fingerprint density at radius 3 is 2.62 bits per heavy atom. The van der Waals surface area contributed by atoms with E-state index in [0.29, 0.717) is 0 Å². The molecule has 1 unspecified atom stereocenters. The number of aliphatic hydroxyl groups is 1. The van der Waals surface area contributed by atoms with Crippen LogP contribution in [0.3, 0.4) is 0 Å². The molecule has 0 aromatic carbocycles. The van der Waals surface area contributed by atoms with Crippen LogP contribution in [0, 0.1) is 0 Å². The number of likely N-dealkylation sites (tertiary alicyclic amines) is 1. The number of rotatable bonds is 5. The first kappa shape index (κ1) is 13.9. The third kappa shape index (κ3) is 4.40. The normalized spacial score (nSPS) is 24.1. The maximum atomic E-state index is 8.69. The van der Waals surface area contributed by atoms with Gasteiger partial charge in [0.05, 0.1) is 14.7 Å². The second-order valence-corrected chi connectivity index (χ2v) is 11.3. The average molecular weight is 241 g/mol. The van der Waals surface area contributed by atoms with Gasteiger partial charge in [-0.1, -0.05) is 38.2 Å². The topological polar surface area (TPSA) is 23.5 Å². The Balaban J connectivity index is 2.44. The van der Waals surface area contributed by atoms with Crippen LogP contribution in [-0.2, 0) is 0 Å². The highest BCUT2D eigenvalue weighted by Gasteiger charge is 2.32. The summed E-state index contributed by atoms with van der Waals surface area (Å²) in [6, 6.07) is 0. The monoisotopic (exact) mass is 241 g/mol. The van der Waals surface area contributed by atoms with Gasteiger partial charge in [-0.05, 0) is 25.8 Å². The van der Waals surface area contributed by atoms with Crippen molar-refractivity contribution >= 4 is 8.07 Å². The van der Waals surface area contributed by atoms with Crippen LogP contribution in [0.25, 0.3) is 0 Å². The summed E-state index contributed by atoms with van der Waals surface area (Å²) in [6.45, 7) is 10.1. The molecule has 16 heavy (non-hydrogen) atoms. The molecule has 1 saturated heterocycles. The fourth-order valence-corrected chi connectivity index (χ4v) is 5.10. The standard InChI is InChI=1S/C13H27NOSi/c1-16(2,3)13-9-5-7-11-14(13)10-6-4-8-12-15/h4,8,13,15H,5-7,9-12H2,1-3H3/b8-4-. The summed E-state index contributed by atoms with van der Waals surface area (Å²) < 4.78 is 0. The highest BCUT2D eigenvalue weighted by molar-refractivity contribution is 6.77. The molecule has 0 aromatic heterocycles. The zero-order valence-corrected chi connectivity index (χ0v) is 12.1. The maximum Gasteiger partial charge on any atom is 0.0638 e. The minimum atomic E-state index is -1.04. The fraction of sp³-hybridized carbons (Fsp3) is 0.846. The molecule has 0 radical (unpaired) electrons. The predicted octanol–water partition coefficient (Wildman–Crippen LogP) is 2.66. The number of hydrogen-bond donors (Lipinski definition) is 1. The van der Waals surface area contributed by atoms with Crippen molar-refractivity contribution < 1.29 is 5.11 Å². The Kier molecular flexibility index (Phi) is 5.73. The lowest BCUT2D eigenvalue weighted by molar-refractivity contribution is 0.197. The Morgan fingerprint density at radius 2 is 2.00 bits per heavy atom. The summed E-state index contributed by atoms with van der Waals surface area (Å²) in [5, 5.41) is 8.69. The van der Waals surface area contributed by atoms with Crippen LogP contribution in [0.15, 0.2) is 12.2 Å². The first-order chi connectivity index (χ1) is 7.55. The first-order valence-corrected chi connectivity index (χ1v) is 10.1. The van der Waals surface area contributed by atoms with Gasteiger partial charge in [0.1, 0.15) is 0 Å². The molecule has 94 valence electrons. The van der Waals surface area contributed by atoms with Gasteiger partial charge in [0.25, 0.3) is 0 Å². The van der Waals surface area contributed by atoms with Gasteiger partial charge in [0.2, 0.25) is 0 Å². The Hall–Kier alpha value is -0.123. The Labute approximate surface area is 101 Å². The summed E-state index contributed by atoms with van der Waals surface area (Å²) in [5.74, 6) is 0. The van der Waals surface area contributed by atoms with Crippen LogP contribution in [0.1, 0.15) is 25.7 Å². The lowest BCUT2D eigenvalue weighted by atomic mass is 10.1. The van der Waals surface area contributed by atoms with Crippen molar-refractivity contribution in [3.05, 3.63) is 12.2 Å². The van der Waals surface area contributed by atoms with E-state index in [1.165, 1.54) is 32.4 Å². The molecule has 0 saturated carbocycles. The van der Waals surface area contributed by atoms with E-state index in [-0.39, 0.29) is 6.61 Å². The predicted molar refractivity (Wildman–Crippen MR) is 73.4 cm³/mol. The van der Waals surface area contributed by atoms with Crippen molar-refractivity contribution in [3.8, 4) is 0 Å². The summed E-state index contributed by atoms with van der Waals surface area (Å²) >= 11 is 0. The van der Waals surface area contributed by atoms with E-state index in [0.717, 1.165) is 12.1 Å². The van der Waals surface area contributed by atoms with Gasteiger partial charge in [0.15, 0.2) is 0 Å². The van der Waals surface area contributed by atoms with Crippen LogP contribution < -0.4 is 0 Å². The molecule has 0 amide bonds. The van der Waals surface area contributed by atoms with E-state index in [2.05, 4.69) is 30.6 Å². The molecule has 0 aromatic rings. The lowest BCUT2D eigenvalue weighted by Gasteiger charge is -2.42. The van der Waals surface area contributed by atoms with Gasteiger partial charge >= 0.3 is 0 Å². The minimum Gasteiger partial charge on any atom is -0.392 e. The zero-order valence-electron chi connectivity index (χ0n) is 11.1. The summed E-state index contributed by atoms with van der Waals surface area (Å²) in [6.07, 6.45) is 9.23. The fourth-order valence-electron chi connectivity index (χ4n) is 2.67. The summed E-state index contributed by atoms with van der Waals surface area (Å²) in [7, 11) is -1.04. The number of piperidine rings is 1. The van der Waals surface area contributed by atoms with Crippen molar-refractivity contribution in [1.82, 2.24) is 4.90 Å². The third-order valence-corrected chi connectivity index (χ3v) is 6.12. The van der Waals surface area contributed by atoms with Gasteiger partial charge in [0, 0.05) is 12.2 Å². The van der Waals surface area contributed by atoms with Crippen LogP contribution in [0.5, 0.6) is 0 Å². The molecule has 3 heteroatoms. The molecule has 1 atom stereocenters. The largest absolute Gasteiger partial charge is 0.392 e. The molecular formula is C13H27NOSi. The molecule has 1 heterocycles. The van der Waals surface area contributed by atoms with E-state index >= 15 is 0 Å². The van der Waals surface area contributed by atoms with Gasteiger partial charge in [-0.2, -0.15) is 0 Å². The van der Waals surface area contributed by atoms with E-state index in [9.17, 15) is 0 Å². The average Bonchev–Trinajstić information content (AvgIpc) is 2.24. The number of aliphatic hydroxyl groups excluding tert-OH is 1. The van der Waals surface area contributed by atoms with Crippen LogP contribution in [-0.4, -0.2) is 43.4 Å². The maximum absolute atomic E-state index is 8.69. The molecular weight excluding hydrogens is 214 g/mol. The van der Waals surface area contributed by atoms with Crippen LogP contribution in [0.4, 0.5) is 0 Å². The smallest absolute Gasteiger partial charge is 0.0638 e. The van der Waals surface area contributed by atoms with Gasteiger partial charge in [-0.25, -0.2) is 0 Å². The molecule has 1 rings (SSSR count). The molecule has 1 fully saturated rings. The number of hydrogen-bond acceptors (Lipinski definition) is 2. The highest BCUT2D eigenvalue weighted by atomic mass is 28.3. The minimum absolute atomic E-state index is 0.178. The van der Waals surface area contributed by atoms with Gasteiger partial charge in [-0.15, -0.1) is 0 Å². The third-order valence-electron chi connectivity index (χ3n) is 3.47. The Morgan fingerprint density at radius 1 is 1.25 bits per heavy atom. The second-order valence-electron chi connectivity index (χ2n) is 5.86. The molecule has 1 aliphatic rings. The van der Waals surface area contributed by atoms with Crippen molar-refractivity contribution in [2.45, 2.75) is 51.0 Å². The van der Waals surface area contributed by atoms with Crippen molar-refractivity contribution in [2.24, 2.45) is 0 Å². The van der Waals surface area contributed by atoms with Crippen molar-refractivity contribution in [3.63, 3.8) is 0 Å². The van der Waals surface area contributed by atoms with Gasteiger partial charge < -0.3 is 10.0 Å². The molecule has 0 spiro atoms. The van der Waals surface area contributed by atoms with Gasteiger partial charge in [-0.3, -0.25) is 0 Å². The molecule has 1 N–H and O–H groups in total. The van der Waals surface area contributed by atoms with Crippen molar-refractivity contribution in [1.29, 1.82) is 0 Å². The summed E-state index contributed by atoms with van der Waals surface area (Å²) in [5.41, 5.74) is 0.865. The Bertz CT molecular complexity index is 222. The molecule has 0 bridgehead atoms. The van der Waals surface area contributed by atoms with E-state index < -0.39 is 8.07 Å². The summed E-state index contributed by atoms with van der Waals surface area (Å²) in [4.78, 5) is 2.69. The second kappa shape index (κ2) is 6.57. The lowest BCUT2D eigenvalue weighted by Crippen LogP contribution is -2.53. The van der Waals surface area contributed by atoms with Crippen LogP contribution >= 0.6 is 0 Å². The van der Waals surface area contributed by atoms with E-state index in [4.69, 9.17) is 5.11 Å². The van der Waals surface area contributed by atoms with E-state index in [1.54, 1.807) is 0 Å². The van der Waals surface area contributed by atoms with E-state index in [1.807, 2.05) is 6.08 Å². The SMILES string of the molecule is C[Si](C)(C)C1CCCCN1CC/C=C\CO. The first-order valence-electron chi connectivity index (χ1n) is 6.55. The molecule has 2 nitrogen and oxygen atoms in total. The molecule has 1 aliphatic heterocycles. The number of nitrogens with zero attached hydrogens (tertiary/aromatic N) is 1. The quantitative estimate of drug-likeness (QED) is 0.591. The van der Waals surface area contributed by atoms with Crippen molar-refractivity contribution in [2.75, 3.05) is 19.7 Å².